The molecule has 0 N–H and O–H groups in total. The van der Waals surface area contributed by atoms with E-state index in [4.69, 9.17) is 4.84 Å². The maximum atomic E-state index is 11.9. The van der Waals surface area contributed by atoms with Crippen molar-refractivity contribution in [1.29, 1.82) is 0 Å². The third kappa shape index (κ3) is 2.51. The Kier molecular flexibility index (Phi) is 3.79. The van der Waals surface area contributed by atoms with Crippen LogP contribution in [0.25, 0.3) is 0 Å². The van der Waals surface area contributed by atoms with Gasteiger partial charge < -0.3 is 9.57 Å². The van der Waals surface area contributed by atoms with E-state index in [1.807, 2.05) is 0 Å². The molecule has 0 unspecified atom stereocenters. The fourth-order valence-corrected chi connectivity index (χ4v) is 1.70. The predicted octanol–water partition coefficient (Wildman–Crippen LogP) is 0.694. The van der Waals surface area contributed by atoms with E-state index in [0.29, 0.717) is 5.06 Å². The van der Waals surface area contributed by atoms with Crippen molar-refractivity contribution < 1.29 is 28.8 Å². The van der Waals surface area contributed by atoms with Crippen LogP contribution < -0.4 is 0 Å². The van der Waals surface area contributed by atoms with Gasteiger partial charge >= 0.3 is 11.9 Å². The summed E-state index contributed by atoms with van der Waals surface area (Å²) in [7, 11) is 1.19. The van der Waals surface area contributed by atoms with E-state index >= 15 is 0 Å². The molecule has 1 aliphatic rings. The minimum Gasteiger partial charge on any atom is -0.469 e. The Labute approximate surface area is 114 Å². The van der Waals surface area contributed by atoms with Crippen molar-refractivity contribution in [1.82, 2.24) is 5.06 Å². The lowest BCUT2D eigenvalue weighted by Gasteiger charge is -2.12. The standard InChI is InChI=1S/C13H11NO6/c1-19-10(15)6-7-11(16)20-14-12(17)8-4-2-3-5-9(8)13(14)18/h2-5H,6-7H2,1H3. The second-order valence-electron chi connectivity index (χ2n) is 3.99. The van der Waals surface area contributed by atoms with Gasteiger partial charge in [-0.1, -0.05) is 17.2 Å². The molecule has 1 aliphatic heterocycles. The van der Waals surface area contributed by atoms with Crippen LogP contribution in [0.4, 0.5) is 0 Å². The zero-order chi connectivity index (χ0) is 14.7. The highest BCUT2D eigenvalue weighted by atomic mass is 16.7. The van der Waals surface area contributed by atoms with Crippen molar-refractivity contribution in [3.8, 4) is 0 Å². The maximum absolute atomic E-state index is 11.9. The van der Waals surface area contributed by atoms with E-state index in [9.17, 15) is 19.2 Å². The number of amides is 2. The first-order chi connectivity index (χ1) is 9.54. The summed E-state index contributed by atoms with van der Waals surface area (Å²) in [5, 5.41) is 0.407. The highest BCUT2D eigenvalue weighted by Crippen LogP contribution is 2.22. The van der Waals surface area contributed by atoms with Crippen LogP contribution >= 0.6 is 0 Å². The monoisotopic (exact) mass is 277 g/mol. The minimum atomic E-state index is -0.857. The predicted molar refractivity (Wildman–Crippen MR) is 64.3 cm³/mol. The average Bonchev–Trinajstić information content (AvgIpc) is 2.70. The van der Waals surface area contributed by atoms with E-state index < -0.39 is 23.8 Å². The molecule has 0 saturated carbocycles. The van der Waals surface area contributed by atoms with Gasteiger partial charge in [0.2, 0.25) is 0 Å². The van der Waals surface area contributed by atoms with Crippen LogP contribution in [0.1, 0.15) is 33.6 Å². The van der Waals surface area contributed by atoms with Crippen molar-refractivity contribution in [2.24, 2.45) is 0 Å². The number of carbonyl (C=O) groups excluding carboxylic acids is 4. The normalized spacial score (nSPS) is 13.2. The minimum absolute atomic E-state index is 0.179. The lowest BCUT2D eigenvalue weighted by atomic mass is 10.1. The van der Waals surface area contributed by atoms with E-state index in [1.165, 1.54) is 19.2 Å². The summed E-state index contributed by atoms with van der Waals surface area (Å²) in [5.74, 6) is -2.83. The molecule has 0 atom stereocenters. The third-order valence-electron chi connectivity index (χ3n) is 2.71. The molecule has 1 aromatic rings. The number of fused-ring (bicyclic) bond motifs is 1. The molecule has 0 saturated heterocycles. The molecular formula is C13H11NO6. The van der Waals surface area contributed by atoms with Gasteiger partial charge in [0.25, 0.3) is 11.8 Å². The Bertz CT molecular complexity index is 559. The molecule has 2 rings (SSSR count). The second kappa shape index (κ2) is 5.52. The molecule has 2 amide bonds. The summed E-state index contributed by atoms with van der Waals surface area (Å²) in [6, 6.07) is 6.15. The quantitative estimate of drug-likeness (QED) is 0.594. The van der Waals surface area contributed by atoms with E-state index in [0.717, 1.165) is 0 Å². The summed E-state index contributed by atoms with van der Waals surface area (Å²) in [4.78, 5) is 50.8. The van der Waals surface area contributed by atoms with Gasteiger partial charge in [-0.25, -0.2) is 4.79 Å². The molecule has 0 aliphatic carbocycles. The number of benzene rings is 1. The van der Waals surface area contributed by atoms with Crippen LogP contribution in [-0.4, -0.2) is 35.9 Å². The maximum Gasteiger partial charge on any atom is 0.333 e. The van der Waals surface area contributed by atoms with Gasteiger partial charge in [0, 0.05) is 0 Å². The largest absolute Gasteiger partial charge is 0.469 e. The van der Waals surface area contributed by atoms with Crippen molar-refractivity contribution in [3.05, 3.63) is 35.4 Å². The highest BCUT2D eigenvalue weighted by Gasteiger charge is 2.38. The van der Waals surface area contributed by atoms with Crippen molar-refractivity contribution in [2.75, 3.05) is 7.11 Å². The van der Waals surface area contributed by atoms with E-state index in [2.05, 4.69) is 4.74 Å². The van der Waals surface area contributed by atoms with Crippen LogP contribution in [0.15, 0.2) is 24.3 Å². The molecular weight excluding hydrogens is 266 g/mol. The number of carbonyl (C=O) groups is 4. The number of methoxy groups -OCH3 is 1. The summed E-state index contributed by atoms with van der Waals surface area (Å²) in [6.45, 7) is 0. The van der Waals surface area contributed by atoms with Gasteiger partial charge in [-0.3, -0.25) is 14.4 Å². The fourth-order valence-electron chi connectivity index (χ4n) is 1.70. The van der Waals surface area contributed by atoms with Gasteiger partial charge in [0.1, 0.15) is 0 Å². The molecule has 0 fully saturated rings. The van der Waals surface area contributed by atoms with Crippen LogP contribution in [0.5, 0.6) is 0 Å². The fraction of sp³-hybridized carbons (Fsp3) is 0.231. The van der Waals surface area contributed by atoms with Crippen molar-refractivity contribution in [2.45, 2.75) is 12.8 Å². The molecule has 7 nitrogen and oxygen atoms in total. The molecule has 104 valence electrons. The molecule has 20 heavy (non-hydrogen) atoms. The molecule has 7 heteroatoms. The van der Waals surface area contributed by atoms with Gasteiger partial charge in [-0.05, 0) is 12.1 Å². The van der Waals surface area contributed by atoms with Gasteiger partial charge in [-0.15, -0.1) is 0 Å². The molecule has 0 spiro atoms. The summed E-state index contributed by atoms with van der Waals surface area (Å²) < 4.78 is 4.37. The van der Waals surface area contributed by atoms with Gasteiger partial charge in [-0.2, -0.15) is 0 Å². The molecule has 1 heterocycles. The van der Waals surface area contributed by atoms with Crippen molar-refractivity contribution in [3.63, 3.8) is 0 Å². The number of esters is 1. The summed E-state index contributed by atoms with van der Waals surface area (Å²) in [5.41, 5.74) is 0.358. The zero-order valence-corrected chi connectivity index (χ0v) is 10.6. The number of hydrogen-bond donors (Lipinski definition) is 0. The molecule has 1 aromatic carbocycles. The lowest BCUT2D eigenvalue weighted by molar-refractivity contribution is -0.169. The Balaban J connectivity index is 2.02. The Morgan fingerprint density at radius 3 is 2.00 bits per heavy atom. The highest BCUT2D eigenvalue weighted by molar-refractivity contribution is 6.20. The lowest BCUT2D eigenvalue weighted by Crippen LogP contribution is -2.32. The first-order valence-corrected chi connectivity index (χ1v) is 5.80. The summed E-state index contributed by atoms with van der Waals surface area (Å²) in [6.07, 6.45) is -0.460. The molecule has 0 aromatic heterocycles. The van der Waals surface area contributed by atoms with Gasteiger partial charge in [0.15, 0.2) is 0 Å². The first kappa shape index (κ1) is 13.7. The van der Waals surface area contributed by atoms with Crippen LogP contribution in [0.3, 0.4) is 0 Å². The number of rotatable bonds is 4. The number of hydroxylamine groups is 2. The van der Waals surface area contributed by atoms with E-state index in [1.54, 1.807) is 12.1 Å². The van der Waals surface area contributed by atoms with Crippen LogP contribution in [0, 0.1) is 0 Å². The SMILES string of the molecule is COC(=O)CCC(=O)ON1C(=O)c2ccccc2C1=O. The Morgan fingerprint density at radius 1 is 1.00 bits per heavy atom. The van der Waals surface area contributed by atoms with Crippen LogP contribution in [-0.2, 0) is 19.2 Å². The first-order valence-electron chi connectivity index (χ1n) is 5.80. The number of ether oxygens (including phenoxy) is 1. The number of nitrogens with zero attached hydrogens (tertiary/aromatic N) is 1. The van der Waals surface area contributed by atoms with Gasteiger partial charge in [0.05, 0.1) is 31.1 Å². The van der Waals surface area contributed by atoms with Crippen molar-refractivity contribution >= 4 is 23.8 Å². The Morgan fingerprint density at radius 2 is 1.50 bits per heavy atom. The average molecular weight is 277 g/mol. The molecule has 0 radical (unpaired) electrons. The number of imide groups is 1. The Hall–Kier alpha value is -2.70. The number of hydrogen-bond acceptors (Lipinski definition) is 6. The topological polar surface area (TPSA) is 90.0 Å². The van der Waals surface area contributed by atoms with E-state index in [-0.39, 0.29) is 24.0 Å². The zero-order valence-electron chi connectivity index (χ0n) is 10.6. The summed E-state index contributed by atoms with van der Waals surface area (Å²) >= 11 is 0. The third-order valence-corrected chi connectivity index (χ3v) is 2.71. The van der Waals surface area contributed by atoms with Crippen LogP contribution in [0.2, 0.25) is 0 Å². The second-order valence-corrected chi connectivity index (χ2v) is 3.99. The smallest absolute Gasteiger partial charge is 0.333 e. The molecule has 0 bridgehead atoms.